The van der Waals surface area contributed by atoms with Gasteiger partial charge in [0.05, 0.1) is 25.9 Å². The number of rotatable bonds is 7. The van der Waals surface area contributed by atoms with Gasteiger partial charge in [-0.25, -0.2) is 0 Å². The van der Waals surface area contributed by atoms with Crippen molar-refractivity contribution in [2.24, 2.45) is 0 Å². The number of hydrogen-bond acceptors (Lipinski definition) is 4. The normalized spacial score (nSPS) is 17.2. The van der Waals surface area contributed by atoms with Crippen LogP contribution >= 0.6 is 12.4 Å². The SMILES string of the molecule is CCOc1ccc(C(O)C(CN2CCOCC2)c2ccccc2)cc1.Cl. The van der Waals surface area contributed by atoms with E-state index in [9.17, 15) is 5.11 Å². The quantitative estimate of drug-likeness (QED) is 0.799. The molecule has 2 atom stereocenters. The Hall–Kier alpha value is -1.59. The average molecular weight is 378 g/mol. The van der Waals surface area contributed by atoms with Gasteiger partial charge in [0.1, 0.15) is 5.75 Å². The Labute approximate surface area is 162 Å². The first-order chi connectivity index (χ1) is 12.3. The zero-order valence-corrected chi connectivity index (χ0v) is 16.0. The van der Waals surface area contributed by atoms with Gasteiger partial charge in [0, 0.05) is 25.6 Å². The zero-order valence-electron chi connectivity index (χ0n) is 15.2. The standard InChI is InChI=1S/C21H27NO3.ClH/c1-2-25-19-10-8-18(9-11-19)21(23)20(17-6-4-3-5-7-17)16-22-12-14-24-15-13-22;/h3-11,20-21,23H,2,12-16H2,1H3;1H. The van der Waals surface area contributed by atoms with E-state index in [1.54, 1.807) is 0 Å². The lowest BCUT2D eigenvalue weighted by molar-refractivity contribution is 0.0240. The van der Waals surface area contributed by atoms with Crippen LogP contribution in [0.15, 0.2) is 54.6 Å². The lowest BCUT2D eigenvalue weighted by atomic mass is 9.88. The first kappa shape index (κ1) is 20.7. The summed E-state index contributed by atoms with van der Waals surface area (Å²) in [7, 11) is 0. The fourth-order valence-electron chi connectivity index (χ4n) is 3.31. The average Bonchev–Trinajstić information content (AvgIpc) is 2.68. The predicted octanol–water partition coefficient (Wildman–Crippen LogP) is 3.66. The van der Waals surface area contributed by atoms with Crippen LogP contribution in [0.25, 0.3) is 0 Å². The summed E-state index contributed by atoms with van der Waals surface area (Å²) in [5.74, 6) is 0.861. The van der Waals surface area contributed by atoms with Crippen molar-refractivity contribution in [1.82, 2.24) is 4.90 Å². The molecule has 1 N–H and O–H groups in total. The molecule has 3 rings (SSSR count). The van der Waals surface area contributed by atoms with Gasteiger partial charge in [0.15, 0.2) is 0 Å². The summed E-state index contributed by atoms with van der Waals surface area (Å²) in [6.45, 7) is 6.80. The van der Waals surface area contributed by atoms with Crippen LogP contribution in [0, 0.1) is 0 Å². The minimum absolute atomic E-state index is 0. The molecule has 26 heavy (non-hydrogen) atoms. The summed E-state index contributed by atoms with van der Waals surface area (Å²) in [5, 5.41) is 11.1. The molecule has 0 saturated carbocycles. The summed E-state index contributed by atoms with van der Waals surface area (Å²) in [6.07, 6.45) is -0.555. The molecule has 5 heteroatoms. The predicted molar refractivity (Wildman–Crippen MR) is 106 cm³/mol. The van der Waals surface area contributed by atoms with Gasteiger partial charge in [-0.2, -0.15) is 0 Å². The Morgan fingerprint density at radius 2 is 1.65 bits per heavy atom. The molecule has 1 saturated heterocycles. The van der Waals surface area contributed by atoms with Crippen molar-refractivity contribution in [3.63, 3.8) is 0 Å². The first-order valence-electron chi connectivity index (χ1n) is 9.04. The molecular weight excluding hydrogens is 350 g/mol. The highest BCUT2D eigenvalue weighted by Gasteiger charge is 2.26. The van der Waals surface area contributed by atoms with E-state index in [4.69, 9.17) is 9.47 Å². The molecule has 2 aromatic rings. The molecule has 0 spiro atoms. The van der Waals surface area contributed by atoms with Gasteiger partial charge in [0.25, 0.3) is 0 Å². The lowest BCUT2D eigenvalue weighted by Gasteiger charge is -2.33. The van der Waals surface area contributed by atoms with Crippen molar-refractivity contribution >= 4 is 12.4 Å². The number of halogens is 1. The second-order valence-corrected chi connectivity index (χ2v) is 6.38. The van der Waals surface area contributed by atoms with Crippen LogP contribution < -0.4 is 4.74 Å². The van der Waals surface area contributed by atoms with Gasteiger partial charge in [-0.3, -0.25) is 4.90 Å². The largest absolute Gasteiger partial charge is 0.494 e. The summed E-state index contributed by atoms with van der Waals surface area (Å²) in [4.78, 5) is 2.37. The third kappa shape index (κ3) is 5.45. The molecule has 1 fully saturated rings. The van der Waals surface area contributed by atoms with Crippen LogP contribution in [0.2, 0.25) is 0 Å². The van der Waals surface area contributed by atoms with E-state index >= 15 is 0 Å². The van der Waals surface area contributed by atoms with E-state index in [1.807, 2.05) is 49.4 Å². The van der Waals surface area contributed by atoms with Crippen molar-refractivity contribution < 1.29 is 14.6 Å². The third-order valence-corrected chi connectivity index (χ3v) is 4.70. The molecule has 0 aliphatic carbocycles. The zero-order chi connectivity index (χ0) is 17.5. The maximum Gasteiger partial charge on any atom is 0.119 e. The summed E-state index contributed by atoms with van der Waals surface area (Å²) in [5.41, 5.74) is 2.08. The molecule has 0 radical (unpaired) electrons. The van der Waals surface area contributed by atoms with Crippen molar-refractivity contribution in [3.05, 3.63) is 65.7 Å². The number of morpholine rings is 1. The highest BCUT2D eigenvalue weighted by Crippen LogP contribution is 2.32. The highest BCUT2D eigenvalue weighted by atomic mass is 35.5. The molecule has 2 aromatic carbocycles. The van der Waals surface area contributed by atoms with Crippen LogP contribution in [-0.2, 0) is 4.74 Å². The molecule has 4 nitrogen and oxygen atoms in total. The number of aliphatic hydroxyl groups is 1. The van der Waals surface area contributed by atoms with Crippen LogP contribution in [0.3, 0.4) is 0 Å². The maximum atomic E-state index is 11.1. The summed E-state index contributed by atoms with van der Waals surface area (Å²) in [6, 6.07) is 18.1. The van der Waals surface area contributed by atoms with Gasteiger partial charge in [-0.15, -0.1) is 12.4 Å². The summed E-state index contributed by atoms with van der Waals surface area (Å²) < 4.78 is 11.0. The molecule has 142 valence electrons. The van der Waals surface area contributed by atoms with Crippen LogP contribution in [-0.4, -0.2) is 49.5 Å². The van der Waals surface area contributed by atoms with Crippen molar-refractivity contribution in [3.8, 4) is 5.75 Å². The fourth-order valence-corrected chi connectivity index (χ4v) is 3.31. The minimum atomic E-state index is -0.555. The second kappa shape index (κ2) is 10.5. The minimum Gasteiger partial charge on any atom is -0.494 e. The van der Waals surface area contributed by atoms with E-state index in [1.165, 1.54) is 0 Å². The van der Waals surface area contributed by atoms with Gasteiger partial charge in [0.2, 0.25) is 0 Å². The molecule has 0 bridgehead atoms. The number of nitrogens with zero attached hydrogens (tertiary/aromatic N) is 1. The summed E-state index contributed by atoms with van der Waals surface area (Å²) >= 11 is 0. The lowest BCUT2D eigenvalue weighted by Crippen LogP contribution is -2.39. The molecule has 0 aromatic heterocycles. The van der Waals surface area contributed by atoms with E-state index in [2.05, 4.69) is 17.0 Å². The van der Waals surface area contributed by atoms with Gasteiger partial charge >= 0.3 is 0 Å². The van der Waals surface area contributed by atoms with Crippen molar-refractivity contribution in [1.29, 1.82) is 0 Å². The number of benzene rings is 2. The van der Waals surface area contributed by atoms with Crippen molar-refractivity contribution in [2.45, 2.75) is 18.9 Å². The molecule has 2 unspecified atom stereocenters. The van der Waals surface area contributed by atoms with Crippen molar-refractivity contribution in [2.75, 3.05) is 39.5 Å². The van der Waals surface area contributed by atoms with Crippen LogP contribution in [0.5, 0.6) is 5.75 Å². The maximum absolute atomic E-state index is 11.1. The fraction of sp³-hybridized carbons (Fsp3) is 0.429. The first-order valence-corrected chi connectivity index (χ1v) is 9.04. The Morgan fingerprint density at radius 1 is 1.00 bits per heavy atom. The highest BCUT2D eigenvalue weighted by molar-refractivity contribution is 5.85. The third-order valence-electron chi connectivity index (χ3n) is 4.70. The monoisotopic (exact) mass is 377 g/mol. The smallest absolute Gasteiger partial charge is 0.119 e. The Kier molecular flexibility index (Phi) is 8.39. The Morgan fingerprint density at radius 3 is 2.27 bits per heavy atom. The number of ether oxygens (including phenoxy) is 2. The van der Waals surface area contributed by atoms with E-state index in [-0.39, 0.29) is 18.3 Å². The van der Waals surface area contributed by atoms with Crippen LogP contribution in [0.1, 0.15) is 30.1 Å². The van der Waals surface area contributed by atoms with Gasteiger partial charge < -0.3 is 14.6 Å². The molecule has 1 heterocycles. The topological polar surface area (TPSA) is 41.9 Å². The molecule has 0 amide bonds. The molecule has 1 aliphatic rings. The van der Waals surface area contributed by atoms with Gasteiger partial charge in [-0.1, -0.05) is 42.5 Å². The second-order valence-electron chi connectivity index (χ2n) is 6.38. The van der Waals surface area contributed by atoms with E-state index < -0.39 is 6.10 Å². The number of aliphatic hydroxyl groups excluding tert-OH is 1. The van der Waals surface area contributed by atoms with E-state index in [0.717, 1.165) is 49.7 Å². The molecule has 1 aliphatic heterocycles. The van der Waals surface area contributed by atoms with E-state index in [0.29, 0.717) is 6.61 Å². The van der Waals surface area contributed by atoms with Crippen LogP contribution in [0.4, 0.5) is 0 Å². The molecular formula is C21H28ClNO3. The number of hydrogen-bond donors (Lipinski definition) is 1. The van der Waals surface area contributed by atoms with Gasteiger partial charge in [-0.05, 0) is 30.2 Å². The Bertz CT molecular complexity index is 629. The Balaban J connectivity index is 0.00000243.